The lowest BCUT2D eigenvalue weighted by atomic mass is 10.3. The van der Waals surface area contributed by atoms with Crippen LogP contribution in [0.5, 0.6) is 0 Å². The van der Waals surface area contributed by atoms with Crippen molar-refractivity contribution < 1.29 is 21.6 Å². The van der Waals surface area contributed by atoms with Gasteiger partial charge in [0.05, 0.1) is 15.6 Å². The topological polar surface area (TPSA) is 72.2 Å². The van der Waals surface area contributed by atoms with E-state index in [1.807, 2.05) is 0 Å². The fourth-order valence-corrected chi connectivity index (χ4v) is 3.17. The van der Waals surface area contributed by atoms with E-state index >= 15 is 0 Å². The highest BCUT2D eigenvalue weighted by Gasteiger charge is 2.65. The first-order valence-electron chi connectivity index (χ1n) is 5.23. The highest BCUT2D eigenvalue weighted by molar-refractivity contribution is 7.89. The molecular weight excluding hydrogens is 305 g/mol. The highest BCUT2D eigenvalue weighted by Crippen LogP contribution is 2.49. The van der Waals surface area contributed by atoms with Crippen LogP contribution < -0.4 is 10.5 Å². The molecule has 0 aromatic heterocycles. The van der Waals surface area contributed by atoms with Gasteiger partial charge in [-0.2, -0.15) is 17.9 Å². The number of benzene rings is 1. The molecule has 3 N–H and O–H groups in total. The van der Waals surface area contributed by atoms with Crippen molar-refractivity contribution in [2.24, 2.45) is 0 Å². The number of hydrogen-bond donors (Lipinski definition) is 2. The molecule has 0 unspecified atom stereocenters. The second-order valence-electron chi connectivity index (χ2n) is 4.37. The van der Waals surface area contributed by atoms with Gasteiger partial charge in [0.2, 0.25) is 10.0 Å². The van der Waals surface area contributed by atoms with Crippen molar-refractivity contribution in [3.63, 3.8) is 0 Å². The van der Waals surface area contributed by atoms with Gasteiger partial charge in [0.1, 0.15) is 5.54 Å². The Morgan fingerprint density at radius 2 is 1.89 bits per heavy atom. The van der Waals surface area contributed by atoms with Crippen molar-refractivity contribution in [2.45, 2.75) is 29.5 Å². The Hall–Kier alpha value is -0.990. The summed E-state index contributed by atoms with van der Waals surface area (Å²) >= 11 is 5.63. The van der Waals surface area contributed by atoms with Gasteiger partial charge in [-0.3, -0.25) is 0 Å². The quantitative estimate of drug-likeness (QED) is 0.841. The first-order valence-corrected chi connectivity index (χ1v) is 7.09. The molecule has 0 bridgehead atoms. The second-order valence-corrected chi connectivity index (χ2v) is 6.46. The standard InChI is InChI=1S/C10H10ClF3N2O2S/c11-7-2-1-6(5-8(7)15)19(17,18)16-9(3-4-9)10(12,13)14/h1-2,5,16H,3-4,15H2. The minimum absolute atomic E-state index is 0.0126. The van der Waals surface area contributed by atoms with Crippen LogP contribution in [-0.2, 0) is 10.0 Å². The van der Waals surface area contributed by atoms with Crippen LogP contribution in [0.15, 0.2) is 23.1 Å². The van der Waals surface area contributed by atoms with Gasteiger partial charge in [-0.1, -0.05) is 11.6 Å². The van der Waals surface area contributed by atoms with Crippen LogP contribution in [0.1, 0.15) is 12.8 Å². The first-order chi connectivity index (χ1) is 8.57. The number of hydrogen-bond acceptors (Lipinski definition) is 3. The van der Waals surface area contributed by atoms with Crippen molar-refractivity contribution >= 4 is 27.3 Å². The Balaban J connectivity index is 2.31. The molecule has 0 radical (unpaired) electrons. The number of alkyl halides is 3. The fraction of sp³-hybridized carbons (Fsp3) is 0.400. The van der Waals surface area contributed by atoms with Crippen LogP contribution in [0.25, 0.3) is 0 Å². The minimum Gasteiger partial charge on any atom is -0.397 e. The van der Waals surface area contributed by atoms with E-state index in [1.54, 1.807) is 4.72 Å². The Kier molecular flexibility index (Phi) is 3.23. The monoisotopic (exact) mass is 314 g/mol. The van der Waals surface area contributed by atoms with Crippen LogP contribution in [0, 0.1) is 0 Å². The summed E-state index contributed by atoms with van der Waals surface area (Å²) in [5.41, 5.74) is 3.08. The molecule has 1 aromatic rings. The number of nitrogens with two attached hydrogens (primary N) is 1. The van der Waals surface area contributed by atoms with E-state index in [2.05, 4.69) is 0 Å². The maximum atomic E-state index is 12.7. The van der Waals surface area contributed by atoms with E-state index < -0.39 is 21.7 Å². The lowest BCUT2D eigenvalue weighted by Gasteiger charge is -2.20. The third-order valence-electron chi connectivity index (χ3n) is 2.90. The molecule has 1 aliphatic rings. The lowest BCUT2D eigenvalue weighted by Crippen LogP contribution is -2.47. The molecule has 106 valence electrons. The summed E-state index contributed by atoms with van der Waals surface area (Å²) in [7, 11) is -4.29. The number of anilines is 1. The number of sulfonamides is 1. The van der Waals surface area contributed by atoms with E-state index in [0.717, 1.165) is 12.1 Å². The van der Waals surface area contributed by atoms with Gasteiger partial charge < -0.3 is 5.73 Å². The predicted molar refractivity (Wildman–Crippen MR) is 64.2 cm³/mol. The largest absolute Gasteiger partial charge is 0.407 e. The third kappa shape index (κ3) is 2.65. The zero-order valence-electron chi connectivity index (χ0n) is 9.46. The van der Waals surface area contributed by atoms with E-state index in [0.29, 0.717) is 0 Å². The van der Waals surface area contributed by atoms with E-state index in [1.165, 1.54) is 6.07 Å². The summed E-state index contributed by atoms with van der Waals surface area (Å²) < 4.78 is 63.6. The van der Waals surface area contributed by atoms with Gasteiger partial charge in [-0.15, -0.1) is 0 Å². The third-order valence-corrected chi connectivity index (χ3v) is 4.78. The molecule has 1 saturated carbocycles. The average molecular weight is 315 g/mol. The summed E-state index contributed by atoms with van der Waals surface area (Å²) in [6.07, 6.45) is -5.14. The molecule has 0 saturated heterocycles. The van der Waals surface area contributed by atoms with Gasteiger partial charge in [0.25, 0.3) is 0 Å². The van der Waals surface area contributed by atoms with Crippen LogP contribution in [0.4, 0.5) is 18.9 Å². The van der Waals surface area contributed by atoms with Crippen molar-refractivity contribution in [1.29, 1.82) is 0 Å². The number of rotatable bonds is 3. The van der Waals surface area contributed by atoms with E-state index in [4.69, 9.17) is 17.3 Å². The van der Waals surface area contributed by atoms with Gasteiger partial charge >= 0.3 is 6.18 Å². The summed E-state index contributed by atoms with van der Waals surface area (Å²) in [4.78, 5) is -0.343. The molecule has 1 aromatic carbocycles. The number of nitrogens with one attached hydrogen (secondary N) is 1. The van der Waals surface area contributed by atoms with E-state index in [9.17, 15) is 21.6 Å². The van der Waals surface area contributed by atoms with Crippen LogP contribution in [0.2, 0.25) is 5.02 Å². The van der Waals surface area contributed by atoms with Crippen LogP contribution >= 0.6 is 11.6 Å². The van der Waals surface area contributed by atoms with Gasteiger partial charge in [-0.05, 0) is 31.0 Å². The molecule has 9 heteroatoms. The molecule has 0 atom stereocenters. The maximum Gasteiger partial charge on any atom is 0.407 e. The highest BCUT2D eigenvalue weighted by atomic mass is 35.5. The molecule has 4 nitrogen and oxygen atoms in total. The van der Waals surface area contributed by atoms with E-state index in [-0.39, 0.29) is 28.4 Å². The molecule has 1 aliphatic carbocycles. The zero-order chi connectivity index (χ0) is 14.5. The lowest BCUT2D eigenvalue weighted by molar-refractivity contribution is -0.160. The molecule has 0 amide bonds. The minimum atomic E-state index is -4.61. The van der Waals surface area contributed by atoms with Crippen LogP contribution in [-0.4, -0.2) is 20.1 Å². The van der Waals surface area contributed by atoms with Crippen molar-refractivity contribution in [3.8, 4) is 0 Å². The zero-order valence-corrected chi connectivity index (χ0v) is 11.0. The smallest absolute Gasteiger partial charge is 0.397 e. The van der Waals surface area contributed by atoms with Gasteiger partial charge in [0, 0.05) is 0 Å². The predicted octanol–water partition coefficient (Wildman–Crippen LogP) is 2.30. The van der Waals surface area contributed by atoms with Gasteiger partial charge in [-0.25, -0.2) is 8.42 Å². The summed E-state index contributed by atoms with van der Waals surface area (Å²) in [6.45, 7) is 0. The fourth-order valence-electron chi connectivity index (χ4n) is 1.57. The maximum absolute atomic E-state index is 12.7. The van der Waals surface area contributed by atoms with Crippen molar-refractivity contribution in [1.82, 2.24) is 4.72 Å². The average Bonchev–Trinajstić information content (AvgIpc) is 3.01. The summed E-state index contributed by atoms with van der Waals surface area (Å²) in [5, 5.41) is 0.135. The first kappa shape index (κ1) is 14.4. The Morgan fingerprint density at radius 1 is 1.32 bits per heavy atom. The SMILES string of the molecule is Nc1cc(S(=O)(=O)NC2(C(F)(F)F)CC2)ccc1Cl. The summed E-state index contributed by atoms with van der Waals surface area (Å²) in [6, 6.07) is 3.35. The molecule has 0 heterocycles. The van der Waals surface area contributed by atoms with Gasteiger partial charge in [0.15, 0.2) is 0 Å². The van der Waals surface area contributed by atoms with Crippen molar-refractivity contribution in [3.05, 3.63) is 23.2 Å². The van der Waals surface area contributed by atoms with Crippen LogP contribution in [0.3, 0.4) is 0 Å². The molecule has 2 rings (SSSR count). The molecular formula is C10H10ClF3N2O2S. The Bertz CT molecular complexity index is 612. The summed E-state index contributed by atoms with van der Waals surface area (Å²) in [5.74, 6) is 0. The normalized spacial score (nSPS) is 18.3. The van der Waals surface area contributed by atoms with Crippen molar-refractivity contribution in [2.75, 3.05) is 5.73 Å². The Labute approximate surface area is 112 Å². The number of halogens is 4. The second kappa shape index (κ2) is 4.26. The molecule has 0 spiro atoms. The number of nitrogen functional groups attached to an aromatic ring is 1. The molecule has 19 heavy (non-hydrogen) atoms. The molecule has 0 aliphatic heterocycles. The molecule has 1 fully saturated rings. The Morgan fingerprint density at radius 3 is 2.32 bits per heavy atom.